The number of unbranched alkanes of at least 4 members (excludes halogenated alkanes) is 3. The molecule has 1 aliphatic heterocycles. The minimum absolute atomic E-state index is 0. The Morgan fingerprint density at radius 2 is 1.09 bits per heavy atom. The molecule has 0 amide bonds. The molecule has 0 radical (unpaired) electrons. The predicted molar refractivity (Wildman–Crippen MR) is 292 cm³/mol. The summed E-state index contributed by atoms with van der Waals surface area (Å²) in [5.41, 5.74) is 0. The van der Waals surface area contributed by atoms with E-state index in [9.17, 15) is 0 Å². The Balaban J connectivity index is -0.0000000372. The molecule has 1 N–H and O–H groups in total. The Hall–Kier alpha value is 7.13. The van der Waals surface area contributed by atoms with Crippen molar-refractivity contribution in [2.75, 3.05) is 44.2 Å². The summed E-state index contributed by atoms with van der Waals surface area (Å²) in [6, 6.07) is 0. The maximum absolute atomic E-state index is 8.18. The first kappa shape index (κ1) is 64.4. The summed E-state index contributed by atoms with van der Waals surface area (Å²) in [7, 11) is 0.422. The van der Waals surface area contributed by atoms with Crippen molar-refractivity contribution in [2.45, 2.75) is 179 Å². The van der Waals surface area contributed by atoms with Crippen LogP contribution >= 0.6 is 148 Å². The van der Waals surface area contributed by atoms with Crippen LogP contribution in [0, 0.1) is 13.8 Å². The molecule has 53 heavy (non-hydrogen) atoms. The zero-order valence-corrected chi connectivity index (χ0v) is 51.5. The Bertz CT molecular complexity index is 691. The van der Waals surface area contributed by atoms with Gasteiger partial charge < -0.3 is 39.0 Å². The zero-order valence-electron chi connectivity index (χ0n) is 44.2. The molecule has 330 valence electrons. The molecule has 1 atom stereocenters. The smallest absolute Gasteiger partial charge is 2.00 e. The second kappa shape index (κ2) is 93.9. The minimum Gasteiger partial charge on any atom is 2.00 e. The van der Waals surface area contributed by atoms with Crippen molar-refractivity contribution in [3.05, 3.63) is 13.8 Å². The largest absolute Gasteiger partial charge is 2.00 e. The van der Waals surface area contributed by atoms with Gasteiger partial charge in [-0.1, -0.05) is 177 Å². The molecule has 0 bridgehead atoms. The maximum Gasteiger partial charge on any atom is 2.00 e. The third kappa shape index (κ3) is 199. The number of aliphatic hydroxyl groups is 1. The first-order valence-corrected chi connectivity index (χ1v) is 35.9. The molecular weight excluding hydrogens is 1330 g/mol. The number of rotatable bonds is 15. The summed E-state index contributed by atoms with van der Waals surface area (Å²) < 4.78 is 64.2. The quantitative estimate of drug-likeness (QED) is 0.0582. The van der Waals surface area contributed by atoms with Gasteiger partial charge in [0.1, 0.15) is 0 Å². The number of aliphatic hydroxyl groups excluding tert-OH is 1. The topological polar surface area (TPSA) is 29.5 Å². The minimum atomic E-state index is -1.86. The Morgan fingerprint density at radius 3 is 1.21 bits per heavy atom. The van der Waals surface area contributed by atoms with Gasteiger partial charge in [0.2, 0.25) is 0 Å². The Morgan fingerprint density at radius 1 is 0.792 bits per heavy atom. The summed E-state index contributed by atoms with van der Waals surface area (Å²) in [6.45, 7) is 16.8. The second-order valence-corrected chi connectivity index (χ2v) is 53.7. The molecule has 0 aromatic rings. The van der Waals surface area contributed by atoms with E-state index in [1.807, 2.05) is 6.92 Å². The van der Waals surface area contributed by atoms with Gasteiger partial charge in [0, 0.05) is 42.0 Å². The molecule has 0 aromatic carbocycles. The summed E-state index contributed by atoms with van der Waals surface area (Å²) >= 11 is 34.4. The van der Waals surface area contributed by atoms with Gasteiger partial charge in [-0.2, -0.15) is 12.8 Å². The Kier molecular flexibility index (Phi) is 114. The summed E-state index contributed by atoms with van der Waals surface area (Å²) in [5.74, 6) is 0.443. The van der Waals surface area contributed by atoms with Crippen LogP contribution in [-0.2, 0) is 9.66 Å². The van der Waals surface area contributed by atoms with E-state index in [2.05, 4.69) is 131 Å². The molecule has 16 heteroatoms. The molecule has 0 aromatic heterocycles. The molecule has 0 saturated carbocycles. The third-order valence-electron chi connectivity index (χ3n) is 4.70. The molecular formula is C37H85Cl6I4Mg2O2PV-. The van der Waals surface area contributed by atoms with Crippen LogP contribution in [0.25, 0.3) is 0 Å². The average molecular weight is 1420 g/mol. The van der Waals surface area contributed by atoms with Gasteiger partial charge in [-0.15, -0.1) is 19.5 Å². The fourth-order valence-corrected chi connectivity index (χ4v) is 5.23. The van der Waals surface area contributed by atoms with Gasteiger partial charge in [-0.05, 0) is 69.9 Å². The molecule has 1 heterocycles. The van der Waals surface area contributed by atoms with Crippen molar-refractivity contribution < 1.29 is 42.4 Å². The number of hydrogen-bond donors (Lipinski definition) is 1. The second-order valence-electron chi connectivity index (χ2n) is 9.75. The fraction of sp³-hybridized carbons (Fsp3) is 0.946. The molecule has 0 spiro atoms. The van der Waals surface area contributed by atoms with E-state index in [-0.39, 0.29) is 99.6 Å². The number of ether oxygens (including phenoxy) is 1. The molecule has 1 aliphatic rings. The van der Waals surface area contributed by atoms with Crippen molar-refractivity contribution in [1.29, 1.82) is 0 Å². The van der Waals surface area contributed by atoms with Crippen LogP contribution in [0.2, 0.25) is 0 Å². The monoisotopic (exact) mass is 1420 g/mol. The van der Waals surface area contributed by atoms with Crippen molar-refractivity contribution in [2.24, 2.45) is 0 Å². The van der Waals surface area contributed by atoms with Gasteiger partial charge in [0.25, 0.3) is 3.25 Å². The number of alkyl halides is 6. The standard InChI is InChI=1S/C12H27P.C4H9Cl.C4H9I.C4H8O.C4H10O.C4H9.C3H7.CCl4.CH4.ClH.3HI.2Mg.V.2H/c1-4-7-10-13(11-8-5-2)12-9-6-3;1-2-3-4-5;1-3-4(2)5;1-2-4-5-3-1;1-2-3-4-5;1-3-4-2;1-3-2;2-1(3,4)5;;;;;;;;;;/h4-12H2,1-3H3;2-4H2,1H3;4H,3H2,1-2H3;1-4H2;5H,2-4H2,1H3;1,3-4H2,2H3;1,3H2,2H3;;1H4;4*1H;;;;;/q;;;;;2*-1;;;;;;;2*+2;+3;2*-1/p-4/i;1D3;;;1D3;2D3;;;;;;;;;;;;. The maximum atomic E-state index is 8.18. The van der Waals surface area contributed by atoms with E-state index in [1.165, 1.54) is 57.8 Å². The predicted octanol–water partition coefficient (Wildman–Crippen LogP) is 15.9. The van der Waals surface area contributed by atoms with E-state index >= 15 is 0 Å². The van der Waals surface area contributed by atoms with E-state index in [0.717, 1.165) is 23.6 Å². The number of hydrogen-bond acceptors (Lipinski definition) is 2. The fourth-order valence-electron chi connectivity index (χ4n) is 2.14. The van der Waals surface area contributed by atoms with Gasteiger partial charge in [-0.25, -0.2) is 0 Å². The van der Waals surface area contributed by atoms with Crippen molar-refractivity contribution in [1.82, 2.24) is 0 Å². The van der Waals surface area contributed by atoms with Crippen LogP contribution in [0.4, 0.5) is 0 Å². The van der Waals surface area contributed by atoms with Crippen molar-refractivity contribution in [3.8, 4) is 0 Å². The van der Waals surface area contributed by atoms with Crippen LogP contribution < -0.4 is 12.4 Å². The molecule has 0 aliphatic carbocycles. The summed E-state index contributed by atoms with van der Waals surface area (Å²) in [6.07, 6.45) is 20.1. The normalized spacial score (nSPS) is 13.9. The summed E-state index contributed by atoms with van der Waals surface area (Å²) in [4.78, 5) is -0.278. The molecule has 1 rings (SSSR count). The van der Waals surface area contributed by atoms with Crippen LogP contribution in [0.3, 0.4) is 0 Å². The number of halogens is 10. The SMILES string of the molecule is C.C1CCOC1.CCC(C)I.CCCCP(CCCC)CCCC.ClC(Cl)(Cl)Cl.[2H]C([2H])([2H])CCCCl.[2H]C([2H])([2H])CCCO.[2H]C([2H])([2H])CC[CH2-].[CH2-]CC.[Cl-].[H-].[H-].[I][V]([I])[I].[Mg+2].[Mg+2]. The van der Waals surface area contributed by atoms with Crippen LogP contribution in [0.15, 0.2) is 0 Å². The molecule has 2 nitrogen and oxygen atoms in total. The Labute approximate surface area is 467 Å². The van der Waals surface area contributed by atoms with Crippen LogP contribution in [-0.4, -0.2) is 103 Å². The average Bonchev–Trinajstić information content (AvgIpc) is 3.66. The van der Waals surface area contributed by atoms with Crippen molar-refractivity contribution in [3.63, 3.8) is 0 Å². The van der Waals surface area contributed by atoms with Crippen LogP contribution in [0.1, 0.15) is 187 Å². The van der Waals surface area contributed by atoms with Gasteiger partial charge >= 0.3 is 111 Å². The van der Waals surface area contributed by atoms with Crippen molar-refractivity contribution >= 4 is 195 Å². The van der Waals surface area contributed by atoms with Crippen LogP contribution in [0.5, 0.6) is 0 Å². The zero-order chi connectivity index (χ0) is 47.7. The third-order valence-corrected chi connectivity index (χ3v) is 8.69. The first-order chi connectivity index (χ1) is 26.4. The molecule has 1 fully saturated rings. The van der Waals surface area contributed by atoms with E-state index in [1.54, 1.807) is 18.5 Å². The van der Waals surface area contributed by atoms with E-state index in [0.29, 0.717) is 33.1 Å². The molecule has 1 saturated heterocycles. The summed E-state index contributed by atoms with van der Waals surface area (Å²) in [5, 5.41) is 8.18. The van der Waals surface area contributed by atoms with Gasteiger partial charge in [0.15, 0.2) is 0 Å². The first-order valence-electron chi connectivity index (χ1n) is 21.7. The van der Waals surface area contributed by atoms with Gasteiger partial charge in [-0.3, -0.25) is 0 Å². The molecule has 1 unspecified atom stereocenters. The van der Waals surface area contributed by atoms with E-state index in [4.69, 9.17) is 80.2 Å². The van der Waals surface area contributed by atoms with Gasteiger partial charge in [0.05, 0.1) is 0 Å². The van der Waals surface area contributed by atoms with E-state index < -0.39 is 23.8 Å².